The van der Waals surface area contributed by atoms with Crippen molar-refractivity contribution in [1.29, 1.82) is 0 Å². The number of carbonyl (C=O) groups excluding carboxylic acids is 1. The van der Waals surface area contributed by atoms with E-state index in [1.165, 1.54) is 23.3 Å². The van der Waals surface area contributed by atoms with Gasteiger partial charge in [-0.2, -0.15) is 31.3 Å². The lowest BCUT2D eigenvalue weighted by Crippen LogP contribution is -2.46. The number of hydrogen-bond acceptors (Lipinski definition) is 2. The summed E-state index contributed by atoms with van der Waals surface area (Å²) in [6.45, 7) is 6.60. The smallest absolute Gasteiger partial charge is 0.317 e. The predicted octanol–water partition coefficient (Wildman–Crippen LogP) is 5.79. The summed E-state index contributed by atoms with van der Waals surface area (Å²) in [6, 6.07) is 0. The van der Waals surface area contributed by atoms with Gasteiger partial charge in [0.25, 0.3) is 5.91 Å². The molecule has 0 aliphatic carbocycles. The highest BCUT2D eigenvalue weighted by Gasteiger charge is 2.45. The average molecular weight is 418 g/mol. The third-order valence-corrected chi connectivity index (χ3v) is 4.62. The number of aliphatic imine (C=N–C) groups is 1. The number of rotatable bonds is 6. The molecule has 0 saturated carbocycles. The van der Waals surface area contributed by atoms with E-state index >= 15 is 0 Å². The molecule has 0 N–H and O–H groups in total. The molecule has 0 aromatic carbocycles. The van der Waals surface area contributed by atoms with Crippen LogP contribution in [0.25, 0.3) is 0 Å². The summed E-state index contributed by atoms with van der Waals surface area (Å²) in [5.74, 6) is -0.108. The molecule has 0 spiro atoms. The quantitative estimate of drug-likeness (QED) is 0.404. The molecule has 0 fully saturated rings. The van der Waals surface area contributed by atoms with Crippen LogP contribution in [-0.2, 0) is 4.79 Å². The van der Waals surface area contributed by atoms with Crippen LogP contribution in [0.15, 0.2) is 64.9 Å². The van der Waals surface area contributed by atoms with Gasteiger partial charge in [0.15, 0.2) is 0 Å². The van der Waals surface area contributed by atoms with Gasteiger partial charge in [0.05, 0.1) is 12.0 Å². The summed E-state index contributed by atoms with van der Waals surface area (Å²) >= 11 is 0. The first-order valence-corrected chi connectivity index (χ1v) is 8.83. The van der Waals surface area contributed by atoms with Crippen molar-refractivity contribution in [3.05, 3.63) is 59.9 Å². The fourth-order valence-corrected chi connectivity index (χ4v) is 3.10. The van der Waals surface area contributed by atoms with E-state index in [1.807, 2.05) is 6.92 Å². The summed E-state index contributed by atoms with van der Waals surface area (Å²) in [5.41, 5.74) is -2.38. The molecule has 1 amide bonds. The summed E-state index contributed by atoms with van der Waals surface area (Å²) in [6.07, 6.45) is -3.73. The summed E-state index contributed by atoms with van der Waals surface area (Å²) in [5, 5.41) is 0. The molecular formula is C20H20F6N2O. The number of halogens is 6. The zero-order valence-corrected chi connectivity index (χ0v) is 15.9. The van der Waals surface area contributed by atoms with Gasteiger partial charge in [-0.15, -0.1) is 0 Å². The van der Waals surface area contributed by atoms with E-state index < -0.39 is 35.8 Å². The first-order chi connectivity index (χ1) is 13.3. The second-order valence-electron chi connectivity index (χ2n) is 6.87. The third-order valence-electron chi connectivity index (χ3n) is 4.62. The first kappa shape index (κ1) is 22.7. The van der Waals surface area contributed by atoms with E-state index in [0.717, 1.165) is 0 Å². The Morgan fingerprint density at radius 3 is 2.41 bits per heavy atom. The molecule has 3 nitrogen and oxygen atoms in total. The Morgan fingerprint density at radius 2 is 1.90 bits per heavy atom. The number of fused-ring (bicyclic) bond motifs is 1. The van der Waals surface area contributed by atoms with E-state index in [2.05, 4.69) is 11.6 Å². The average Bonchev–Trinajstić information content (AvgIpc) is 2.84. The van der Waals surface area contributed by atoms with Crippen molar-refractivity contribution in [3.8, 4) is 0 Å². The number of allylic oxidation sites excluding steroid dienone is 7. The van der Waals surface area contributed by atoms with E-state index in [0.29, 0.717) is 36.9 Å². The van der Waals surface area contributed by atoms with Gasteiger partial charge < -0.3 is 4.90 Å². The summed E-state index contributed by atoms with van der Waals surface area (Å²) in [4.78, 5) is 17.8. The molecule has 1 atom stereocenters. The van der Waals surface area contributed by atoms with Crippen molar-refractivity contribution >= 4 is 11.7 Å². The van der Waals surface area contributed by atoms with Crippen molar-refractivity contribution < 1.29 is 31.1 Å². The van der Waals surface area contributed by atoms with Crippen LogP contribution < -0.4 is 0 Å². The minimum absolute atomic E-state index is 0.105. The van der Waals surface area contributed by atoms with E-state index in [4.69, 9.17) is 0 Å². The minimum atomic E-state index is -4.77. The maximum Gasteiger partial charge on any atom is 0.416 e. The van der Waals surface area contributed by atoms with Gasteiger partial charge in [-0.1, -0.05) is 32.1 Å². The van der Waals surface area contributed by atoms with Crippen LogP contribution in [0.4, 0.5) is 26.3 Å². The van der Waals surface area contributed by atoms with E-state index in [-0.39, 0.29) is 11.1 Å². The van der Waals surface area contributed by atoms with Crippen LogP contribution in [-0.4, -0.2) is 34.5 Å². The van der Waals surface area contributed by atoms with Gasteiger partial charge in [0.2, 0.25) is 0 Å². The Hall–Kier alpha value is -2.58. The van der Waals surface area contributed by atoms with Crippen LogP contribution in [0, 0.1) is 0 Å². The highest BCUT2D eigenvalue weighted by Crippen LogP contribution is 2.36. The van der Waals surface area contributed by atoms with E-state index in [9.17, 15) is 31.1 Å². The monoisotopic (exact) mass is 418 g/mol. The minimum Gasteiger partial charge on any atom is -0.317 e. The second-order valence-corrected chi connectivity index (χ2v) is 6.87. The fourth-order valence-electron chi connectivity index (χ4n) is 3.10. The second kappa shape index (κ2) is 8.04. The molecule has 1 unspecified atom stereocenters. The predicted molar refractivity (Wildman–Crippen MR) is 97.9 cm³/mol. The molecule has 0 aromatic heterocycles. The largest absolute Gasteiger partial charge is 0.416 e. The molecule has 2 aliphatic heterocycles. The van der Waals surface area contributed by atoms with Gasteiger partial charge in [0, 0.05) is 6.20 Å². The van der Waals surface area contributed by atoms with Gasteiger partial charge in [0.1, 0.15) is 11.4 Å². The zero-order valence-electron chi connectivity index (χ0n) is 15.9. The van der Waals surface area contributed by atoms with Gasteiger partial charge in [-0.05, 0) is 42.7 Å². The lowest BCUT2D eigenvalue weighted by atomic mass is 9.92. The highest BCUT2D eigenvalue weighted by molar-refractivity contribution is 6.12. The van der Waals surface area contributed by atoms with Crippen molar-refractivity contribution in [2.45, 2.75) is 51.0 Å². The molecule has 0 bridgehead atoms. The molecule has 2 rings (SSSR count). The summed E-state index contributed by atoms with van der Waals surface area (Å²) in [7, 11) is 0. The Kier molecular flexibility index (Phi) is 6.30. The lowest BCUT2D eigenvalue weighted by Gasteiger charge is -2.34. The van der Waals surface area contributed by atoms with Crippen LogP contribution in [0.3, 0.4) is 0 Å². The number of hydrogen-bond donors (Lipinski definition) is 0. The van der Waals surface area contributed by atoms with Crippen LogP contribution in [0.2, 0.25) is 0 Å². The third kappa shape index (κ3) is 5.07. The van der Waals surface area contributed by atoms with Gasteiger partial charge in [-0.3, -0.25) is 4.79 Å². The SMILES string of the molecule is C=C/C(=C\C(=C/CC(F)(F)F)C1=CN2C(=NC(=O)C2(C)CCC)C=C1)C(F)(F)F. The van der Waals surface area contributed by atoms with Gasteiger partial charge in [-0.25, -0.2) is 0 Å². The number of nitrogens with zero attached hydrogens (tertiary/aromatic N) is 2. The molecule has 0 radical (unpaired) electrons. The normalized spacial score (nSPS) is 23.2. The number of alkyl halides is 6. The zero-order chi connectivity index (χ0) is 22.0. The van der Waals surface area contributed by atoms with Crippen molar-refractivity contribution in [3.63, 3.8) is 0 Å². The van der Waals surface area contributed by atoms with Gasteiger partial charge >= 0.3 is 12.4 Å². The standard InChI is InChI=1S/C20H20F6N2O/c1-4-9-18(3)17(29)27-16-7-6-14(12-28(16)18)13(8-10-19(21,22)23)11-15(5-2)20(24,25)26/h5-8,11-12H,2,4,9-10H2,1,3H3/b13-8+,15-11+. The van der Waals surface area contributed by atoms with Crippen molar-refractivity contribution in [2.24, 2.45) is 4.99 Å². The Balaban J connectivity index is 2.54. The highest BCUT2D eigenvalue weighted by atomic mass is 19.4. The van der Waals surface area contributed by atoms with Crippen LogP contribution >= 0.6 is 0 Å². The Bertz CT molecular complexity index is 842. The van der Waals surface area contributed by atoms with Crippen LogP contribution in [0.5, 0.6) is 0 Å². The molecule has 2 heterocycles. The topological polar surface area (TPSA) is 32.7 Å². The fraction of sp³-hybridized carbons (Fsp3) is 0.400. The molecule has 29 heavy (non-hydrogen) atoms. The Morgan fingerprint density at radius 1 is 1.24 bits per heavy atom. The summed E-state index contributed by atoms with van der Waals surface area (Å²) < 4.78 is 77.5. The molecule has 2 aliphatic rings. The number of carbonyl (C=O) groups is 1. The van der Waals surface area contributed by atoms with Crippen molar-refractivity contribution in [2.75, 3.05) is 0 Å². The number of amidine groups is 1. The maximum absolute atomic E-state index is 13.1. The number of amides is 1. The Labute approximate surface area is 164 Å². The lowest BCUT2D eigenvalue weighted by molar-refractivity contribution is -0.125. The molecule has 158 valence electrons. The van der Waals surface area contributed by atoms with E-state index in [1.54, 1.807) is 6.92 Å². The molecule has 9 heteroatoms. The first-order valence-electron chi connectivity index (χ1n) is 8.83. The maximum atomic E-state index is 13.1. The molecule has 0 saturated heterocycles. The van der Waals surface area contributed by atoms with Crippen molar-refractivity contribution in [1.82, 2.24) is 4.90 Å². The molecular weight excluding hydrogens is 398 g/mol. The molecule has 0 aromatic rings. The van der Waals surface area contributed by atoms with Crippen LogP contribution in [0.1, 0.15) is 33.1 Å².